The predicted molar refractivity (Wildman–Crippen MR) is 116 cm³/mol. The highest BCUT2D eigenvalue weighted by Gasteiger charge is 2.43. The first-order valence-corrected chi connectivity index (χ1v) is 10.4. The lowest BCUT2D eigenvalue weighted by Gasteiger charge is -2.36. The number of amides is 1. The van der Waals surface area contributed by atoms with Crippen molar-refractivity contribution in [1.82, 2.24) is 10.3 Å². The third-order valence-electron chi connectivity index (χ3n) is 5.98. The van der Waals surface area contributed by atoms with Crippen molar-refractivity contribution < 1.29 is 22.7 Å². The number of primary amides is 1. The Morgan fingerprint density at radius 2 is 1.84 bits per heavy atom. The first-order valence-electron chi connectivity index (χ1n) is 10.4. The van der Waals surface area contributed by atoms with Crippen LogP contribution in [0.1, 0.15) is 29.3 Å². The minimum absolute atomic E-state index is 0.196. The number of nitrogens with one attached hydrogen (secondary N) is 1. The van der Waals surface area contributed by atoms with Gasteiger partial charge in [-0.2, -0.15) is 0 Å². The third-order valence-corrected chi connectivity index (χ3v) is 5.98. The second kappa shape index (κ2) is 9.16. The lowest BCUT2D eigenvalue weighted by Crippen LogP contribution is -2.51. The average molecular weight is 443 g/mol. The molecule has 0 saturated heterocycles. The molecule has 168 valence electrons. The van der Waals surface area contributed by atoms with Gasteiger partial charge >= 0.3 is 0 Å². The number of halogens is 3. The molecule has 0 aliphatic heterocycles. The Morgan fingerprint density at radius 3 is 2.53 bits per heavy atom. The quantitative estimate of drug-likeness (QED) is 0.582. The van der Waals surface area contributed by atoms with E-state index in [4.69, 9.17) is 10.5 Å². The monoisotopic (exact) mass is 443 g/mol. The molecule has 1 aliphatic carbocycles. The molecule has 4 unspecified atom stereocenters. The topological polar surface area (TPSA) is 77.2 Å². The van der Waals surface area contributed by atoms with Crippen LogP contribution in [0.15, 0.2) is 54.7 Å². The van der Waals surface area contributed by atoms with Gasteiger partial charge in [0.05, 0.1) is 5.56 Å². The van der Waals surface area contributed by atoms with Crippen LogP contribution in [0.25, 0.3) is 10.8 Å². The molecule has 0 spiro atoms. The van der Waals surface area contributed by atoms with Crippen LogP contribution < -0.4 is 15.8 Å². The Morgan fingerprint density at radius 1 is 1.09 bits per heavy atom. The molecule has 8 heteroatoms. The third kappa shape index (κ3) is 4.41. The van der Waals surface area contributed by atoms with Crippen molar-refractivity contribution in [2.75, 3.05) is 0 Å². The lowest BCUT2D eigenvalue weighted by atomic mass is 9.82. The van der Waals surface area contributed by atoms with Gasteiger partial charge in [-0.15, -0.1) is 0 Å². The van der Waals surface area contributed by atoms with Gasteiger partial charge in [0.2, 0.25) is 11.8 Å². The van der Waals surface area contributed by atoms with E-state index in [1.165, 1.54) is 19.2 Å². The molecule has 2 aromatic carbocycles. The number of alkyl halides is 3. The van der Waals surface area contributed by atoms with E-state index >= 15 is 0 Å². The summed E-state index contributed by atoms with van der Waals surface area (Å²) in [5.74, 6) is -0.702. The number of nitrogens with zero attached hydrogens (tertiary/aromatic N) is 1. The number of pyridine rings is 1. The van der Waals surface area contributed by atoms with Crippen molar-refractivity contribution in [3.8, 4) is 11.6 Å². The van der Waals surface area contributed by atoms with Crippen molar-refractivity contribution in [3.63, 3.8) is 0 Å². The minimum Gasteiger partial charge on any atom is -0.438 e. The summed E-state index contributed by atoms with van der Waals surface area (Å²) >= 11 is 0. The van der Waals surface area contributed by atoms with Crippen molar-refractivity contribution in [2.24, 2.45) is 11.7 Å². The van der Waals surface area contributed by atoms with Crippen LogP contribution in [-0.4, -0.2) is 35.4 Å². The standard InChI is InChI=1S/C24H24F3N3O2/c1-13-22(26)18(25)10-19(23(13)27)29-11-14-6-8-20(17-5-3-2-4-16(14)17)32-21-9-7-15(12-30-21)24(28)31/h2-9,12-13,18-19,22-23,29H,10-11H2,1H3,(H2,28,31)/t13?,18?,19-,22?,23?/m1/s1. The van der Waals surface area contributed by atoms with Crippen LogP contribution in [0.4, 0.5) is 13.2 Å². The van der Waals surface area contributed by atoms with Crippen LogP contribution >= 0.6 is 0 Å². The van der Waals surface area contributed by atoms with E-state index in [0.717, 1.165) is 16.3 Å². The maximum absolute atomic E-state index is 14.5. The number of rotatable bonds is 6. The highest BCUT2D eigenvalue weighted by molar-refractivity contribution is 5.92. The number of carbonyl (C=O) groups is 1. The van der Waals surface area contributed by atoms with E-state index in [0.29, 0.717) is 18.2 Å². The molecule has 1 heterocycles. The zero-order valence-electron chi connectivity index (χ0n) is 17.5. The Labute approximate surface area is 183 Å². The first-order chi connectivity index (χ1) is 15.3. The van der Waals surface area contributed by atoms with Crippen molar-refractivity contribution in [2.45, 2.75) is 44.4 Å². The number of benzene rings is 2. The van der Waals surface area contributed by atoms with Crippen LogP contribution in [0.3, 0.4) is 0 Å². The predicted octanol–water partition coefficient (Wildman–Crippen LogP) is 4.64. The molecule has 5 nitrogen and oxygen atoms in total. The number of nitrogens with two attached hydrogens (primary N) is 1. The summed E-state index contributed by atoms with van der Waals surface area (Å²) in [5, 5.41) is 4.76. The summed E-state index contributed by atoms with van der Waals surface area (Å²) in [6.45, 7) is 1.70. The molecule has 32 heavy (non-hydrogen) atoms. The largest absolute Gasteiger partial charge is 0.438 e. The van der Waals surface area contributed by atoms with E-state index in [1.54, 1.807) is 12.1 Å². The van der Waals surface area contributed by atoms with Crippen molar-refractivity contribution in [1.29, 1.82) is 0 Å². The van der Waals surface area contributed by atoms with Gasteiger partial charge in [-0.1, -0.05) is 37.3 Å². The summed E-state index contributed by atoms with van der Waals surface area (Å²) < 4.78 is 48.1. The molecule has 1 amide bonds. The summed E-state index contributed by atoms with van der Waals surface area (Å²) in [4.78, 5) is 15.3. The van der Waals surface area contributed by atoms with Gasteiger partial charge in [-0.05, 0) is 29.5 Å². The highest BCUT2D eigenvalue weighted by atomic mass is 19.2. The van der Waals surface area contributed by atoms with Crippen LogP contribution in [0.2, 0.25) is 0 Å². The van der Waals surface area contributed by atoms with Gasteiger partial charge in [0.25, 0.3) is 0 Å². The summed E-state index contributed by atoms with van der Waals surface area (Å²) in [7, 11) is 0. The molecule has 0 bridgehead atoms. The van der Waals surface area contributed by atoms with Crippen LogP contribution in [0, 0.1) is 5.92 Å². The van der Waals surface area contributed by atoms with E-state index in [-0.39, 0.29) is 12.0 Å². The number of hydrogen-bond donors (Lipinski definition) is 2. The SMILES string of the molecule is CC1C(F)C(F)C[C@@H](NCc2ccc(Oc3ccc(C(N)=O)cn3)c3ccccc23)C1F. The van der Waals surface area contributed by atoms with Crippen molar-refractivity contribution in [3.05, 3.63) is 65.9 Å². The Hall–Kier alpha value is -3.13. The first kappa shape index (κ1) is 22.1. The zero-order valence-corrected chi connectivity index (χ0v) is 17.5. The van der Waals surface area contributed by atoms with Crippen LogP contribution in [-0.2, 0) is 6.54 Å². The molecule has 3 aromatic rings. The smallest absolute Gasteiger partial charge is 0.250 e. The molecular weight excluding hydrogens is 419 g/mol. The second-order valence-electron chi connectivity index (χ2n) is 8.11. The Balaban J connectivity index is 1.54. The molecule has 5 atom stereocenters. The van der Waals surface area contributed by atoms with Gasteiger partial charge < -0.3 is 15.8 Å². The van der Waals surface area contributed by atoms with E-state index in [2.05, 4.69) is 10.3 Å². The molecule has 1 fully saturated rings. The van der Waals surface area contributed by atoms with E-state index < -0.39 is 36.4 Å². The Bertz CT molecular complexity index is 1110. The van der Waals surface area contributed by atoms with E-state index in [9.17, 15) is 18.0 Å². The maximum Gasteiger partial charge on any atom is 0.250 e. The summed E-state index contributed by atoms with van der Waals surface area (Å²) in [5.41, 5.74) is 6.39. The van der Waals surface area contributed by atoms with Gasteiger partial charge in [0, 0.05) is 36.2 Å². The number of aromatic nitrogens is 1. The molecule has 1 saturated carbocycles. The van der Waals surface area contributed by atoms with Crippen molar-refractivity contribution >= 4 is 16.7 Å². The van der Waals surface area contributed by atoms with Gasteiger partial charge in [0.15, 0.2) is 0 Å². The molecule has 4 rings (SSSR count). The van der Waals surface area contributed by atoms with Gasteiger partial charge in [-0.25, -0.2) is 18.2 Å². The van der Waals surface area contributed by atoms with Gasteiger partial charge in [-0.3, -0.25) is 4.79 Å². The molecule has 1 aromatic heterocycles. The maximum atomic E-state index is 14.5. The summed E-state index contributed by atoms with van der Waals surface area (Å²) in [6.07, 6.45) is -3.75. The summed E-state index contributed by atoms with van der Waals surface area (Å²) in [6, 6.07) is 13.5. The van der Waals surface area contributed by atoms with Crippen LogP contribution in [0.5, 0.6) is 11.6 Å². The zero-order chi connectivity index (χ0) is 22.8. The second-order valence-corrected chi connectivity index (χ2v) is 8.11. The highest BCUT2D eigenvalue weighted by Crippen LogP contribution is 2.34. The number of carbonyl (C=O) groups excluding carboxylic acids is 1. The normalized spacial score (nSPS) is 25.6. The fraction of sp³-hybridized carbons (Fsp3) is 0.333. The average Bonchev–Trinajstić information content (AvgIpc) is 2.80. The number of fused-ring (bicyclic) bond motifs is 1. The molecular formula is C24H24F3N3O2. The van der Waals surface area contributed by atoms with Gasteiger partial charge in [0.1, 0.15) is 24.3 Å². The minimum atomic E-state index is -1.77. The number of ether oxygens (including phenoxy) is 1. The fourth-order valence-corrected chi connectivity index (χ4v) is 4.09. The molecule has 3 N–H and O–H groups in total. The molecule has 0 radical (unpaired) electrons. The van der Waals surface area contributed by atoms with E-state index in [1.807, 2.05) is 30.3 Å². The molecule has 1 aliphatic rings. The lowest BCUT2D eigenvalue weighted by molar-refractivity contribution is -0.00118. The Kier molecular flexibility index (Phi) is 6.32. The number of hydrogen-bond acceptors (Lipinski definition) is 4. The fourth-order valence-electron chi connectivity index (χ4n) is 4.09.